The van der Waals surface area contributed by atoms with Crippen LogP contribution in [0.4, 0.5) is 11.4 Å². The van der Waals surface area contributed by atoms with Gasteiger partial charge in [0.2, 0.25) is 0 Å². The molecule has 1 heterocycles. The molecular weight excluding hydrogens is 627 g/mol. The van der Waals surface area contributed by atoms with E-state index < -0.39 is 0 Å². The third-order valence-corrected chi connectivity index (χ3v) is 10.3. The lowest BCUT2D eigenvalue weighted by atomic mass is 9.87. The fourth-order valence-corrected chi connectivity index (χ4v) is 7.60. The molecule has 1 nitrogen and oxygen atoms in total. The Morgan fingerprint density at radius 1 is 0.673 bits per heavy atom. The van der Waals surface area contributed by atoms with Crippen LogP contribution in [0.1, 0.15) is 79.3 Å². The van der Waals surface area contributed by atoms with Crippen molar-refractivity contribution in [1.29, 1.82) is 0 Å². The first-order valence-electron chi connectivity index (χ1n) is 19.0. The summed E-state index contributed by atoms with van der Waals surface area (Å²) in [5.74, 6) is 0.778. The van der Waals surface area contributed by atoms with Crippen molar-refractivity contribution in [2.45, 2.75) is 72.3 Å². The summed E-state index contributed by atoms with van der Waals surface area (Å²) < 4.78 is 0. The molecule has 8 rings (SSSR count). The highest BCUT2D eigenvalue weighted by Crippen LogP contribution is 2.49. The molecule has 0 radical (unpaired) electrons. The van der Waals surface area contributed by atoms with E-state index in [1.807, 2.05) is 32.0 Å². The molecule has 262 valence electrons. The van der Waals surface area contributed by atoms with Crippen LogP contribution in [-0.2, 0) is 6.42 Å². The van der Waals surface area contributed by atoms with Gasteiger partial charge in [0.05, 0.1) is 6.04 Å². The van der Waals surface area contributed by atoms with Gasteiger partial charge >= 0.3 is 0 Å². The van der Waals surface area contributed by atoms with Crippen LogP contribution in [0.2, 0.25) is 0 Å². The first-order valence-corrected chi connectivity index (χ1v) is 19.0. The maximum absolute atomic E-state index is 4.44. The molecule has 1 aliphatic heterocycles. The van der Waals surface area contributed by atoms with Crippen LogP contribution in [-0.4, -0.2) is 6.04 Å². The SMILES string of the molecule is C=C1/C=C\C=C/CCc2ccc(N3c4cc(-c5ccc(C(C)C)c(-c6ccccc6C)c5)ccc4C4C=CC=CC43)cc21.CC.Cc1ccccc1. The smallest absolute Gasteiger partial charge is 0.0629 e. The maximum Gasteiger partial charge on any atom is 0.0629 e. The number of fused-ring (bicyclic) bond motifs is 4. The van der Waals surface area contributed by atoms with E-state index in [1.165, 1.54) is 67.0 Å². The van der Waals surface area contributed by atoms with E-state index in [4.69, 9.17) is 0 Å². The Morgan fingerprint density at radius 3 is 2.15 bits per heavy atom. The van der Waals surface area contributed by atoms with Crippen LogP contribution >= 0.6 is 0 Å². The second-order valence-electron chi connectivity index (χ2n) is 14.0. The van der Waals surface area contributed by atoms with Gasteiger partial charge in [0.25, 0.3) is 0 Å². The van der Waals surface area contributed by atoms with Gasteiger partial charge in [-0.2, -0.15) is 0 Å². The molecule has 2 aliphatic carbocycles. The van der Waals surface area contributed by atoms with E-state index in [9.17, 15) is 0 Å². The molecule has 0 fully saturated rings. The van der Waals surface area contributed by atoms with Crippen molar-refractivity contribution in [3.63, 3.8) is 0 Å². The molecule has 0 amide bonds. The van der Waals surface area contributed by atoms with Gasteiger partial charge in [0, 0.05) is 17.3 Å². The molecule has 0 saturated heterocycles. The molecule has 0 saturated carbocycles. The minimum absolute atomic E-state index is 0.251. The summed E-state index contributed by atoms with van der Waals surface area (Å²) in [4.78, 5) is 2.55. The van der Waals surface area contributed by atoms with Crippen LogP contribution in [0.15, 0.2) is 164 Å². The fourth-order valence-electron chi connectivity index (χ4n) is 7.60. The first kappa shape index (κ1) is 36.4. The predicted octanol–water partition coefficient (Wildman–Crippen LogP) is 14.3. The van der Waals surface area contributed by atoms with E-state index in [-0.39, 0.29) is 6.04 Å². The van der Waals surface area contributed by atoms with E-state index >= 15 is 0 Å². The molecule has 5 aromatic carbocycles. The molecule has 3 aliphatic rings. The van der Waals surface area contributed by atoms with Gasteiger partial charge in [-0.05, 0) is 113 Å². The Labute approximate surface area is 313 Å². The monoisotopic (exact) mass is 679 g/mol. The third kappa shape index (κ3) is 7.75. The molecule has 2 atom stereocenters. The van der Waals surface area contributed by atoms with Gasteiger partial charge in [0.15, 0.2) is 0 Å². The Hall–Kier alpha value is -5.40. The second kappa shape index (κ2) is 16.7. The van der Waals surface area contributed by atoms with E-state index in [1.54, 1.807) is 0 Å². The van der Waals surface area contributed by atoms with Crippen molar-refractivity contribution >= 4 is 16.9 Å². The summed E-state index contributed by atoms with van der Waals surface area (Å²) in [5.41, 5.74) is 16.8. The summed E-state index contributed by atoms with van der Waals surface area (Å²) in [7, 11) is 0. The molecular formula is C51H53N. The van der Waals surface area contributed by atoms with Crippen molar-refractivity contribution in [2.75, 3.05) is 4.90 Å². The standard InChI is InChI=1S/C42H39N.C7H8.C2H6/c1-28(2)35-23-20-32(25-40(35)36-16-10-9-14-29(36)3)33-21-24-38-37-17-11-12-18-41(37)43(42(38)26-33)34-22-19-31-15-8-6-5-7-13-30(4)39(31)27-34;1-7-5-3-2-4-6-7;1-2/h5-7,9-14,16-28,37,41H,4,8,15H2,1-3H3;2-6H,1H3;1-2H3/b6-5-,13-7-;;. The molecule has 1 heteroatoms. The lowest BCUT2D eigenvalue weighted by Gasteiger charge is -2.29. The highest BCUT2D eigenvalue weighted by molar-refractivity contribution is 5.85. The van der Waals surface area contributed by atoms with Gasteiger partial charge in [-0.3, -0.25) is 0 Å². The summed E-state index contributed by atoms with van der Waals surface area (Å²) >= 11 is 0. The highest BCUT2D eigenvalue weighted by atomic mass is 15.2. The lowest BCUT2D eigenvalue weighted by Crippen LogP contribution is -2.28. The van der Waals surface area contributed by atoms with E-state index in [2.05, 4.69) is 179 Å². The minimum Gasteiger partial charge on any atom is -0.333 e. The van der Waals surface area contributed by atoms with Crippen LogP contribution in [0.5, 0.6) is 0 Å². The average Bonchev–Trinajstić information content (AvgIpc) is 3.54. The minimum atomic E-state index is 0.251. The van der Waals surface area contributed by atoms with Gasteiger partial charge < -0.3 is 4.90 Å². The lowest BCUT2D eigenvalue weighted by molar-refractivity contribution is 0.744. The topological polar surface area (TPSA) is 3.24 Å². The Kier molecular flexibility index (Phi) is 11.7. The summed E-state index contributed by atoms with van der Waals surface area (Å²) in [6.07, 6.45) is 19.8. The number of benzene rings is 5. The van der Waals surface area contributed by atoms with Crippen molar-refractivity contribution in [1.82, 2.24) is 0 Å². The summed E-state index contributed by atoms with van der Waals surface area (Å²) in [5, 5.41) is 0. The maximum atomic E-state index is 4.44. The predicted molar refractivity (Wildman–Crippen MR) is 228 cm³/mol. The van der Waals surface area contributed by atoms with Gasteiger partial charge in [0.1, 0.15) is 0 Å². The zero-order chi connectivity index (χ0) is 36.6. The zero-order valence-electron chi connectivity index (χ0n) is 31.8. The quantitative estimate of drug-likeness (QED) is 0.183. The molecule has 0 bridgehead atoms. The van der Waals surface area contributed by atoms with Crippen LogP contribution < -0.4 is 4.90 Å². The van der Waals surface area contributed by atoms with E-state index in [0.717, 1.165) is 18.4 Å². The van der Waals surface area contributed by atoms with Crippen LogP contribution in [0, 0.1) is 13.8 Å². The summed E-state index contributed by atoms with van der Waals surface area (Å²) in [6.45, 7) is 17.3. The molecule has 0 aromatic heterocycles. The van der Waals surface area contributed by atoms with Crippen LogP contribution in [0.25, 0.3) is 27.8 Å². The number of anilines is 2. The van der Waals surface area contributed by atoms with Gasteiger partial charge in [-0.1, -0.05) is 173 Å². The largest absolute Gasteiger partial charge is 0.333 e. The Morgan fingerprint density at radius 2 is 1.40 bits per heavy atom. The second-order valence-corrected chi connectivity index (χ2v) is 14.0. The number of hydrogen-bond acceptors (Lipinski definition) is 1. The van der Waals surface area contributed by atoms with Crippen LogP contribution in [0.3, 0.4) is 0 Å². The number of aryl methyl sites for hydroxylation is 3. The zero-order valence-corrected chi connectivity index (χ0v) is 31.8. The number of hydrogen-bond donors (Lipinski definition) is 0. The van der Waals surface area contributed by atoms with Crippen molar-refractivity contribution < 1.29 is 0 Å². The number of rotatable bonds is 4. The number of nitrogens with zero attached hydrogens (tertiary/aromatic N) is 1. The number of allylic oxidation sites excluding steroid dienone is 7. The molecule has 52 heavy (non-hydrogen) atoms. The Balaban J connectivity index is 0.000000458. The molecule has 5 aromatic rings. The third-order valence-electron chi connectivity index (χ3n) is 10.3. The fraction of sp³-hybridized carbons (Fsp3) is 0.216. The molecule has 0 spiro atoms. The van der Waals surface area contributed by atoms with Crippen molar-refractivity contribution in [2.24, 2.45) is 0 Å². The normalized spacial score (nSPS) is 18.0. The van der Waals surface area contributed by atoms with Gasteiger partial charge in [-0.25, -0.2) is 0 Å². The van der Waals surface area contributed by atoms with Gasteiger partial charge in [-0.15, -0.1) is 0 Å². The van der Waals surface area contributed by atoms with Crippen molar-refractivity contribution in [3.05, 3.63) is 198 Å². The first-order chi connectivity index (χ1) is 25.4. The highest BCUT2D eigenvalue weighted by Gasteiger charge is 2.37. The van der Waals surface area contributed by atoms with Crippen molar-refractivity contribution in [3.8, 4) is 22.3 Å². The molecule has 2 unspecified atom stereocenters. The summed E-state index contributed by atoms with van der Waals surface area (Å²) in [6, 6.07) is 40.4. The average molecular weight is 680 g/mol. The van der Waals surface area contributed by atoms with E-state index in [0.29, 0.717) is 11.8 Å². The Bertz CT molecular complexity index is 2140. The molecule has 0 N–H and O–H groups in total.